The van der Waals surface area contributed by atoms with Crippen LogP contribution in [0.3, 0.4) is 0 Å². The number of amides is 1. The van der Waals surface area contributed by atoms with Gasteiger partial charge in [-0.1, -0.05) is 22.9 Å². The molecular formula is C12H17BrN2O. The average molecular weight is 285 g/mol. The van der Waals surface area contributed by atoms with Crippen LogP contribution in [0.15, 0.2) is 22.7 Å². The second kappa shape index (κ2) is 6.66. The largest absolute Gasteiger partial charge is 0.325 e. The van der Waals surface area contributed by atoms with Crippen molar-refractivity contribution in [2.45, 2.75) is 20.3 Å². The molecule has 0 aromatic heterocycles. The summed E-state index contributed by atoms with van der Waals surface area (Å²) in [5, 5.41) is 5.91. The van der Waals surface area contributed by atoms with E-state index in [9.17, 15) is 4.79 Å². The zero-order chi connectivity index (χ0) is 12.0. The summed E-state index contributed by atoms with van der Waals surface area (Å²) in [5.74, 6) is -0.00447. The maximum Gasteiger partial charge on any atom is 0.238 e. The van der Waals surface area contributed by atoms with Crippen molar-refractivity contribution in [1.82, 2.24) is 5.32 Å². The molecule has 0 saturated heterocycles. The van der Waals surface area contributed by atoms with E-state index >= 15 is 0 Å². The Hall–Kier alpha value is -0.870. The Bertz CT molecular complexity index is 366. The summed E-state index contributed by atoms with van der Waals surface area (Å²) < 4.78 is 1.05. The van der Waals surface area contributed by atoms with Crippen molar-refractivity contribution in [2.75, 3.05) is 18.4 Å². The van der Waals surface area contributed by atoms with E-state index < -0.39 is 0 Å². The second-order valence-corrected chi connectivity index (χ2v) is 4.54. The van der Waals surface area contributed by atoms with Crippen LogP contribution in [0.5, 0.6) is 0 Å². The molecule has 0 radical (unpaired) electrons. The minimum atomic E-state index is -0.00447. The third kappa shape index (κ3) is 4.33. The van der Waals surface area contributed by atoms with Crippen molar-refractivity contribution >= 4 is 27.5 Å². The van der Waals surface area contributed by atoms with Gasteiger partial charge < -0.3 is 10.6 Å². The minimum Gasteiger partial charge on any atom is -0.325 e. The van der Waals surface area contributed by atoms with E-state index in [1.165, 1.54) is 0 Å². The fourth-order valence-electron chi connectivity index (χ4n) is 1.31. The molecular weight excluding hydrogens is 268 g/mol. The summed E-state index contributed by atoms with van der Waals surface area (Å²) in [5.41, 5.74) is 1.95. The highest BCUT2D eigenvalue weighted by atomic mass is 79.9. The number of carbonyl (C=O) groups excluding carboxylic acids is 1. The Labute approximate surface area is 105 Å². The molecule has 0 unspecified atom stereocenters. The Morgan fingerprint density at radius 2 is 2.19 bits per heavy atom. The van der Waals surface area contributed by atoms with Crippen molar-refractivity contribution in [1.29, 1.82) is 0 Å². The van der Waals surface area contributed by atoms with Crippen LogP contribution in [-0.2, 0) is 4.79 Å². The third-order valence-electron chi connectivity index (χ3n) is 2.15. The van der Waals surface area contributed by atoms with E-state index in [1.807, 2.05) is 25.1 Å². The Kier molecular flexibility index (Phi) is 5.49. The molecule has 1 rings (SSSR count). The quantitative estimate of drug-likeness (QED) is 0.817. The van der Waals surface area contributed by atoms with Gasteiger partial charge in [-0.05, 0) is 43.7 Å². The fraction of sp³-hybridized carbons (Fsp3) is 0.417. The maximum absolute atomic E-state index is 11.5. The highest BCUT2D eigenvalue weighted by Gasteiger charge is 2.02. The van der Waals surface area contributed by atoms with Crippen LogP contribution in [0.4, 0.5) is 5.69 Å². The standard InChI is InChI=1S/C12H17BrN2O/c1-3-6-14-8-12(16)15-10-4-5-11(13)9(2)7-10/h4-5,7,14H,3,6,8H2,1-2H3,(H,15,16). The summed E-state index contributed by atoms with van der Waals surface area (Å²) in [4.78, 5) is 11.5. The Morgan fingerprint density at radius 1 is 1.44 bits per heavy atom. The van der Waals surface area contributed by atoms with Gasteiger partial charge in [0.15, 0.2) is 0 Å². The summed E-state index contributed by atoms with van der Waals surface area (Å²) in [6, 6.07) is 5.76. The Balaban J connectivity index is 2.46. The van der Waals surface area contributed by atoms with Gasteiger partial charge in [0, 0.05) is 10.2 Å². The van der Waals surface area contributed by atoms with Crippen LogP contribution in [-0.4, -0.2) is 19.0 Å². The van der Waals surface area contributed by atoms with Gasteiger partial charge in [-0.25, -0.2) is 0 Å². The molecule has 0 heterocycles. The van der Waals surface area contributed by atoms with Crippen LogP contribution in [0.1, 0.15) is 18.9 Å². The van der Waals surface area contributed by atoms with Crippen LogP contribution >= 0.6 is 15.9 Å². The van der Waals surface area contributed by atoms with Gasteiger partial charge in [0.05, 0.1) is 6.54 Å². The lowest BCUT2D eigenvalue weighted by atomic mass is 10.2. The number of hydrogen-bond donors (Lipinski definition) is 2. The predicted octanol–water partition coefficient (Wildman–Crippen LogP) is 2.70. The van der Waals surface area contributed by atoms with Crippen LogP contribution in [0.2, 0.25) is 0 Å². The van der Waals surface area contributed by atoms with Crippen LogP contribution < -0.4 is 10.6 Å². The molecule has 0 saturated carbocycles. The first-order valence-corrected chi connectivity index (χ1v) is 6.19. The monoisotopic (exact) mass is 284 g/mol. The predicted molar refractivity (Wildman–Crippen MR) is 70.7 cm³/mol. The van der Waals surface area contributed by atoms with Crippen molar-refractivity contribution < 1.29 is 4.79 Å². The summed E-state index contributed by atoms with van der Waals surface area (Å²) in [6.45, 7) is 5.30. The van der Waals surface area contributed by atoms with Gasteiger partial charge in [-0.2, -0.15) is 0 Å². The first-order valence-electron chi connectivity index (χ1n) is 5.40. The lowest BCUT2D eigenvalue weighted by Crippen LogP contribution is -2.28. The summed E-state index contributed by atoms with van der Waals surface area (Å²) >= 11 is 3.42. The van der Waals surface area contributed by atoms with E-state index in [1.54, 1.807) is 0 Å². The first kappa shape index (κ1) is 13.2. The number of benzene rings is 1. The molecule has 0 fully saturated rings. The summed E-state index contributed by atoms with van der Waals surface area (Å²) in [6.07, 6.45) is 1.03. The minimum absolute atomic E-state index is 0.00447. The van der Waals surface area contributed by atoms with E-state index in [4.69, 9.17) is 0 Å². The molecule has 3 nitrogen and oxygen atoms in total. The second-order valence-electron chi connectivity index (χ2n) is 3.69. The van der Waals surface area contributed by atoms with Crippen molar-refractivity contribution in [3.8, 4) is 0 Å². The molecule has 2 N–H and O–H groups in total. The van der Waals surface area contributed by atoms with Crippen molar-refractivity contribution in [3.63, 3.8) is 0 Å². The molecule has 1 aromatic carbocycles. The zero-order valence-electron chi connectivity index (χ0n) is 9.64. The van der Waals surface area contributed by atoms with Gasteiger partial charge in [-0.15, -0.1) is 0 Å². The Morgan fingerprint density at radius 3 is 2.81 bits per heavy atom. The van der Waals surface area contributed by atoms with E-state index in [0.717, 1.165) is 28.7 Å². The number of nitrogens with one attached hydrogen (secondary N) is 2. The number of halogens is 1. The number of carbonyl (C=O) groups is 1. The molecule has 1 aromatic rings. The van der Waals surface area contributed by atoms with Gasteiger partial charge in [0.1, 0.15) is 0 Å². The fourth-order valence-corrected chi connectivity index (χ4v) is 1.55. The van der Waals surface area contributed by atoms with E-state index in [-0.39, 0.29) is 5.91 Å². The highest BCUT2D eigenvalue weighted by Crippen LogP contribution is 2.19. The van der Waals surface area contributed by atoms with E-state index in [0.29, 0.717) is 6.54 Å². The molecule has 0 atom stereocenters. The van der Waals surface area contributed by atoms with Crippen LogP contribution in [0, 0.1) is 6.92 Å². The van der Waals surface area contributed by atoms with Gasteiger partial charge in [-0.3, -0.25) is 4.79 Å². The molecule has 0 aliphatic heterocycles. The molecule has 4 heteroatoms. The lowest BCUT2D eigenvalue weighted by Gasteiger charge is -2.07. The average Bonchev–Trinajstić information content (AvgIpc) is 2.24. The number of anilines is 1. The van der Waals surface area contributed by atoms with Gasteiger partial charge in [0.2, 0.25) is 5.91 Å². The first-order chi connectivity index (χ1) is 7.63. The normalized spacial score (nSPS) is 10.2. The van der Waals surface area contributed by atoms with Crippen LogP contribution in [0.25, 0.3) is 0 Å². The van der Waals surface area contributed by atoms with Crippen molar-refractivity contribution in [3.05, 3.63) is 28.2 Å². The molecule has 0 aliphatic carbocycles. The van der Waals surface area contributed by atoms with Gasteiger partial charge in [0.25, 0.3) is 0 Å². The smallest absolute Gasteiger partial charge is 0.238 e. The molecule has 0 aliphatic rings. The number of aryl methyl sites for hydroxylation is 1. The molecule has 88 valence electrons. The maximum atomic E-state index is 11.5. The number of hydrogen-bond acceptors (Lipinski definition) is 2. The zero-order valence-corrected chi connectivity index (χ0v) is 11.2. The molecule has 1 amide bonds. The van der Waals surface area contributed by atoms with Gasteiger partial charge >= 0.3 is 0 Å². The topological polar surface area (TPSA) is 41.1 Å². The lowest BCUT2D eigenvalue weighted by molar-refractivity contribution is -0.115. The molecule has 16 heavy (non-hydrogen) atoms. The van der Waals surface area contributed by atoms with E-state index in [2.05, 4.69) is 33.5 Å². The van der Waals surface area contributed by atoms with Crippen molar-refractivity contribution in [2.24, 2.45) is 0 Å². The third-order valence-corrected chi connectivity index (χ3v) is 3.04. The molecule has 0 spiro atoms. The highest BCUT2D eigenvalue weighted by molar-refractivity contribution is 9.10. The number of rotatable bonds is 5. The molecule has 0 bridgehead atoms. The summed E-state index contributed by atoms with van der Waals surface area (Å²) in [7, 11) is 0. The SMILES string of the molecule is CCCNCC(=O)Nc1ccc(Br)c(C)c1.